The first-order chi connectivity index (χ1) is 10.3. The minimum atomic E-state index is -0.0365. The fourth-order valence-corrected chi connectivity index (χ4v) is 3.18. The van der Waals surface area contributed by atoms with Gasteiger partial charge in [0.1, 0.15) is 5.69 Å². The molecule has 0 bridgehead atoms. The van der Waals surface area contributed by atoms with Crippen molar-refractivity contribution in [3.8, 4) is 0 Å². The van der Waals surface area contributed by atoms with Crippen LogP contribution in [-0.2, 0) is 0 Å². The van der Waals surface area contributed by atoms with Crippen LogP contribution in [0.15, 0.2) is 12.4 Å². The number of piperidine rings is 1. The normalized spacial score (nSPS) is 23.3. The first kappa shape index (κ1) is 14.2. The highest BCUT2D eigenvalue weighted by Gasteiger charge is 2.31. The lowest BCUT2D eigenvalue weighted by Gasteiger charge is -2.32. The van der Waals surface area contributed by atoms with E-state index in [4.69, 9.17) is 5.84 Å². The smallest absolute Gasteiger partial charge is 0.274 e. The maximum Gasteiger partial charge on any atom is 0.274 e. The van der Waals surface area contributed by atoms with Crippen LogP contribution < -0.4 is 11.3 Å². The number of anilines is 1. The number of carbonyl (C=O) groups excluding carboxylic acids is 1. The van der Waals surface area contributed by atoms with Crippen molar-refractivity contribution in [1.82, 2.24) is 19.8 Å². The maximum absolute atomic E-state index is 12.4. The highest BCUT2D eigenvalue weighted by molar-refractivity contribution is 5.92. The Balaban J connectivity index is 1.60. The Morgan fingerprint density at radius 3 is 2.67 bits per heavy atom. The average Bonchev–Trinajstić information content (AvgIpc) is 3.05. The molecule has 0 spiro atoms. The van der Waals surface area contributed by atoms with Gasteiger partial charge in [-0.25, -0.2) is 15.8 Å². The van der Waals surface area contributed by atoms with E-state index in [1.807, 2.05) is 4.90 Å². The molecule has 1 unspecified atom stereocenters. The zero-order chi connectivity index (χ0) is 14.7. The van der Waals surface area contributed by atoms with Crippen molar-refractivity contribution in [1.29, 1.82) is 0 Å². The fourth-order valence-electron chi connectivity index (χ4n) is 3.18. The molecule has 114 valence electrons. The molecule has 7 nitrogen and oxygen atoms in total. The van der Waals surface area contributed by atoms with Crippen LogP contribution in [0.4, 0.5) is 5.82 Å². The summed E-state index contributed by atoms with van der Waals surface area (Å²) in [6.07, 6.45) is 7.91. The van der Waals surface area contributed by atoms with Crippen molar-refractivity contribution in [2.45, 2.75) is 31.7 Å². The summed E-state index contributed by atoms with van der Waals surface area (Å²) in [5, 5.41) is 0. The van der Waals surface area contributed by atoms with E-state index in [0.717, 1.165) is 19.5 Å². The van der Waals surface area contributed by atoms with Crippen LogP contribution in [0.25, 0.3) is 0 Å². The van der Waals surface area contributed by atoms with Gasteiger partial charge >= 0.3 is 0 Å². The van der Waals surface area contributed by atoms with Gasteiger partial charge in [0.25, 0.3) is 5.91 Å². The monoisotopic (exact) mass is 290 g/mol. The molecule has 3 heterocycles. The number of hydrazine groups is 1. The Labute approximate surface area is 124 Å². The van der Waals surface area contributed by atoms with Crippen LogP contribution in [0, 0.1) is 0 Å². The van der Waals surface area contributed by atoms with Crippen LogP contribution in [0.5, 0.6) is 0 Å². The van der Waals surface area contributed by atoms with Gasteiger partial charge < -0.3 is 10.3 Å². The Morgan fingerprint density at radius 1 is 1.19 bits per heavy atom. The molecule has 1 atom stereocenters. The molecule has 0 radical (unpaired) electrons. The summed E-state index contributed by atoms with van der Waals surface area (Å²) in [6.45, 7) is 3.95. The summed E-state index contributed by atoms with van der Waals surface area (Å²) in [6, 6.07) is 0.507. The lowest BCUT2D eigenvalue weighted by molar-refractivity contribution is 0.0765. The minimum absolute atomic E-state index is 0.0365. The van der Waals surface area contributed by atoms with E-state index in [9.17, 15) is 4.79 Å². The summed E-state index contributed by atoms with van der Waals surface area (Å²) in [5.74, 6) is 5.67. The van der Waals surface area contributed by atoms with E-state index in [1.54, 1.807) is 0 Å². The number of hydrogen-bond donors (Lipinski definition) is 2. The van der Waals surface area contributed by atoms with Crippen molar-refractivity contribution >= 4 is 11.7 Å². The molecular weight excluding hydrogens is 268 g/mol. The Bertz CT molecular complexity index is 485. The predicted octanol–water partition coefficient (Wildman–Crippen LogP) is 0.463. The first-order valence-corrected chi connectivity index (χ1v) is 7.60. The second-order valence-electron chi connectivity index (χ2n) is 5.72. The quantitative estimate of drug-likeness (QED) is 0.621. The van der Waals surface area contributed by atoms with Crippen molar-refractivity contribution in [2.75, 3.05) is 31.6 Å². The number of hydrogen-bond acceptors (Lipinski definition) is 6. The van der Waals surface area contributed by atoms with Gasteiger partial charge in [0.05, 0.1) is 12.4 Å². The van der Waals surface area contributed by atoms with Crippen molar-refractivity contribution in [2.24, 2.45) is 5.84 Å². The largest absolute Gasteiger partial charge is 0.336 e. The van der Waals surface area contributed by atoms with Crippen molar-refractivity contribution in [3.63, 3.8) is 0 Å². The van der Waals surface area contributed by atoms with E-state index >= 15 is 0 Å². The van der Waals surface area contributed by atoms with Crippen LogP contribution >= 0.6 is 0 Å². The summed E-state index contributed by atoms with van der Waals surface area (Å²) in [7, 11) is 0. The standard InChI is InChI=1S/C14H22N6O/c15-18-13-9-16-12(8-17-13)14(21)20-7-4-11(10-20)19-5-2-1-3-6-19/h8-9,11H,1-7,10,15H2,(H,17,18). The second kappa shape index (κ2) is 6.36. The number of nitrogens with one attached hydrogen (secondary N) is 1. The highest BCUT2D eigenvalue weighted by Crippen LogP contribution is 2.21. The van der Waals surface area contributed by atoms with Crippen LogP contribution in [-0.4, -0.2) is 57.9 Å². The number of rotatable bonds is 3. The van der Waals surface area contributed by atoms with Crippen molar-refractivity contribution < 1.29 is 4.79 Å². The van der Waals surface area contributed by atoms with E-state index in [2.05, 4.69) is 20.3 Å². The van der Waals surface area contributed by atoms with E-state index in [1.165, 1.54) is 44.7 Å². The van der Waals surface area contributed by atoms with Gasteiger partial charge in [0.15, 0.2) is 5.82 Å². The fraction of sp³-hybridized carbons (Fsp3) is 0.643. The third-order valence-corrected chi connectivity index (χ3v) is 4.38. The first-order valence-electron chi connectivity index (χ1n) is 7.60. The highest BCUT2D eigenvalue weighted by atomic mass is 16.2. The Kier molecular flexibility index (Phi) is 4.31. The molecular formula is C14H22N6O. The Morgan fingerprint density at radius 2 is 2.00 bits per heavy atom. The number of nitrogens with zero attached hydrogens (tertiary/aromatic N) is 4. The number of carbonyl (C=O) groups is 1. The zero-order valence-electron chi connectivity index (χ0n) is 12.2. The lowest BCUT2D eigenvalue weighted by atomic mass is 10.1. The summed E-state index contributed by atoms with van der Waals surface area (Å²) >= 11 is 0. The van der Waals surface area contributed by atoms with Gasteiger partial charge in [0, 0.05) is 19.1 Å². The van der Waals surface area contributed by atoms with Gasteiger partial charge in [0.2, 0.25) is 0 Å². The minimum Gasteiger partial charge on any atom is -0.336 e. The van der Waals surface area contributed by atoms with Gasteiger partial charge in [-0.2, -0.15) is 0 Å². The number of amides is 1. The zero-order valence-corrected chi connectivity index (χ0v) is 12.2. The lowest BCUT2D eigenvalue weighted by Crippen LogP contribution is -2.41. The van der Waals surface area contributed by atoms with Gasteiger partial charge in [-0.3, -0.25) is 9.69 Å². The molecule has 1 aromatic heterocycles. The van der Waals surface area contributed by atoms with Crippen molar-refractivity contribution in [3.05, 3.63) is 18.1 Å². The van der Waals surface area contributed by atoms with Crippen LogP contribution in [0.1, 0.15) is 36.2 Å². The van der Waals surface area contributed by atoms with Crippen LogP contribution in [0.2, 0.25) is 0 Å². The molecule has 2 aliphatic heterocycles. The molecule has 0 aromatic carbocycles. The van der Waals surface area contributed by atoms with Crippen LogP contribution in [0.3, 0.4) is 0 Å². The Hall–Kier alpha value is -1.73. The molecule has 2 fully saturated rings. The molecule has 3 rings (SSSR count). The van der Waals surface area contributed by atoms with Gasteiger partial charge in [-0.05, 0) is 32.4 Å². The number of nitrogen functional groups attached to an aromatic ring is 1. The van der Waals surface area contributed by atoms with E-state index in [-0.39, 0.29) is 5.91 Å². The van der Waals surface area contributed by atoms with E-state index in [0.29, 0.717) is 17.6 Å². The predicted molar refractivity (Wildman–Crippen MR) is 79.6 cm³/mol. The molecule has 1 aromatic rings. The molecule has 21 heavy (non-hydrogen) atoms. The van der Waals surface area contributed by atoms with E-state index < -0.39 is 0 Å². The average molecular weight is 290 g/mol. The molecule has 3 N–H and O–H groups in total. The number of nitrogens with two attached hydrogens (primary N) is 1. The summed E-state index contributed by atoms with van der Waals surface area (Å²) < 4.78 is 0. The number of likely N-dealkylation sites (tertiary alicyclic amines) is 2. The molecule has 7 heteroatoms. The number of aromatic nitrogens is 2. The molecule has 2 saturated heterocycles. The third-order valence-electron chi connectivity index (χ3n) is 4.38. The molecule has 0 saturated carbocycles. The van der Waals surface area contributed by atoms with Gasteiger partial charge in [-0.15, -0.1) is 0 Å². The molecule has 1 amide bonds. The maximum atomic E-state index is 12.4. The summed E-state index contributed by atoms with van der Waals surface area (Å²) in [4.78, 5) is 25.0. The topological polar surface area (TPSA) is 87.4 Å². The molecule has 0 aliphatic carbocycles. The third kappa shape index (κ3) is 3.14. The van der Waals surface area contributed by atoms with Gasteiger partial charge in [-0.1, -0.05) is 6.42 Å². The SMILES string of the molecule is NNc1cnc(C(=O)N2CCC(N3CCCCC3)C2)cn1. The summed E-state index contributed by atoms with van der Waals surface area (Å²) in [5.41, 5.74) is 2.79. The molecule has 2 aliphatic rings. The second-order valence-corrected chi connectivity index (χ2v) is 5.72.